The Balaban J connectivity index is 1.82. The normalized spacial score (nSPS) is 18.7. The fourth-order valence-corrected chi connectivity index (χ4v) is 2.76. The maximum absolute atomic E-state index is 12.8. The quantitative estimate of drug-likeness (QED) is 0.915. The van der Waals surface area contributed by atoms with Crippen molar-refractivity contribution in [1.29, 1.82) is 0 Å². The van der Waals surface area contributed by atoms with Gasteiger partial charge < -0.3 is 10.6 Å². The minimum Gasteiger partial charge on any atom is -0.336 e. The molecule has 2 N–H and O–H groups in total. The van der Waals surface area contributed by atoms with Gasteiger partial charge in [-0.2, -0.15) is 18.3 Å². The first-order valence-corrected chi connectivity index (χ1v) is 7.63. The number of nitrogens with zero attached hydrogens (tertiary/aromatic N) is 3. The van der Waals surface area contributed by atoms with E-state index in [2.05, 4.69) is 5.10 Å². The molecule has 0 saturated carbocycles. The molecule has 2 heterocycles. The van der Waals surface area contributed by atoms with E-state index in [1.807, 2.05) is 0 Å². The highest BCUT2D eigenvalue weighted by molar-refractivity contribution is 5.92. The molecule has 1 aromatic carbocycles. The number of amides is 1. The second-order valence-electron chi connectivity index (χ2n) is 5.85. The van der Waals surface area contributed by atoms with Gasteiger partial charge in [-0.25, -0.2) is 4.68 Å². The highest BCUT2D eigenvalue weighted by Gasteiger charge is 2.30. The molecule has 0 aliphatic carbocycles. The zero-order chi connectivity index (χ0) is 17.3. The number of rotatable bonds is 2. The SMILES string of the molecule is N[C@H]1CCCN(C(=O)c2ccn(-c3cccc(C(F)(F)F)c3)n2)C1. The topological polar surface area (TPSA) is 64.2 Å². The van der Waals surface area contributed by atoms with Gasteiger partial charge in [0.1, 0.15) is 0 Å². The van der Waals surface area contributed by atoms with E-state index < -0.39 is 11.7 Å². The van der Waals surface area contributed by atoms with E-state index in [4.69, 9.17) is 5.73 Å². The van der Waals surface area contributed by atoms with Gasteiger partial charge in [-0.3, -0.25) is 4.79 Å². The number of hydrogen-bond acceptors (Lipinski definition) is 3. The van der Waals surface area contributed by atoms with Crippen molar-refractivity contribution in [2.24, 2.45) is 5.73 Å². The Hall–Kier alpha value is -2.35. The van der Waals surface area contributed by atoms with Crippen LogP contribution in [-0.2, 0) is 6.18 Å². The lowest BCUT2D eigenvalue weighted by Gasteiger charge is -2.30. The molecule has 0 spiro atoms. The van der Waals surface area contributed by atoms with Crippen molar-refractivity contribution in [2.75, 3.05) is 13.1 Å². The molecule has 24 heavy (non-hydrogen) atoms. The second-order valence-corrected chi connectivity index (χ2v) is 5.85. The zero-order valence-electron chi connectivity index (χ0n) is 12.8. The van der Waals surface area contributed by atoms with E-state index in [1.54, 1.807) is 4.90 Å². The minimum absolute atomic E-state index is 0.0479. The third kappa shape index (κ3) is 3.43. The summed E-state index contributed by atoms with van der Waals surface area (Å²) in [5.74, 6) is -0.254. The molecule has 1 aliphatic heterocycles. The molecule has 0 radical (unpaired) electrons. The van der Waals surface area contributed by atoms with Crippen molar-refractivity contribution in [1.82, 2.24) is 14.7 Å². The Kier molecular flexibility index (Phi) is 4.31. The average molecular weight is 338 g/mol. The van der Waals surface area contributed by atoms with Gasteiger partial charge >= 0.3 is 6.18 Å². The van der Waals surface area contributed by atoms with E-state index in [0.717, 1.165) is 25.0 Å². The van der Waals surface area contributed by atoms with Crippen LogP contribution in [-0.4, -0.2) is 39.7 Å². The smallest absolute Gasteiger partial charge is 0.336 e. The Morgan fingerprint density at radius 1 is 1.29 bits per heavy atom. The average Bonchev–Trinajstić information content (AvgIpc) is 3.03. The van der Waals surface area contributed by atoms with E-state index in [0.29, 0.717) is 13.1 Å². The van der Waals surface area contributed by atoms with Gasteiger partial charge in [-0.05, 0) is 37.1 Å². The van der Waals surface area contributed by atoms with Gasteiger partial charge in [0.25, 0.3) is 5.91 Å². The van der Waals surface area contributed by atoms with Crippen molar-refractivity contribution in [2.45, 2.75) is 25.1 Å². The lowest BCUT2D eigenvalue weighted by molar-refractivity contribution is -0.137. The number of likely N-dealkylation sites (tertiary alicyclic amines) is 1. The monoisotopic (exact) mass is 338 g/mol. The maximum Gasteiger partial charge on any atom is 0.416 e. The number of halogens is 3. The first-order chi connectivity index (χ1) is 11.3. The van der Waals surface area contributed by atoms with Crippen LogP contribution < -0.4 is 5.73 Å². The summed E-state index contributed by atoms with van der Waals surface area (Å²) in [6.45, 7) is 1.08. The summed E-state index contributed by atoms with van der Waals surface area (Å²) in [5.41, 5.74) is 5.55. The molecule has 1 atom stereocenters. The fraction of sp³-hybridized carbons (Fsp3) is 0.375. The predicted octanol–water partition coefficient (Wildman–Crippen LogP) is 2.45. The summed E-state index contributed by atoms with van der Waals surface area (Å²) in [6, 6.07) is 6.26. The third-order valence-electron chi connectivity index (χ3n) is 3.99. The van der Waals surface area contributed by atoms with Crippen molar-refractivity contribution >= 4 is 5.91 Å². The molecule has 5 nitrogen and oxygen atoms in total. The fourth-order valence-electron chi connectivity index (χ4n) is 2.76. The van der Waals surface area contributed by atoms with Gasteiger partial charge in [0.15, 0.2) is 5.69 Å². The number of benzene rings is 1. The second kappa shape index (κ2) is 6.27. The van der Waals surface area contributed by atoms with Crippen LogP contribution in [0.25, 0.3) is 5.69 Å². The van der Waals surface area contributed by atoms with Crippen LogP contribution in [0.4, 0.5) is 13.2 Å². The van der Waals surface area contributed by atoms with Gasteiger partial charge in [-0.15, -0.1) is 0 Å². The molecular weight excluding hydrogens is 321 g/mol. The zero-order valence-corrected chi connectivity index (χ0v) is 12.8. The van der Waals surface area contributed by atoms with Crippen LogP contribution in [0, 0.1) is 0 Å². The van der Waals surface area contributed by atoms with Crippen molar-refractivity contribution in [3.05, 3.63) is 47.8 Å². The summed E-state index contributed by atoms with van der Waals surface area (Å²) >= 11 is 0. The van der Waals surface area contributed by atoms with Crippen LogP contribution in [0.5, 0.6) is 0 Å². The number of aromatic nitrogens is 2. The van der Waals surface area contributed by atoms with Gasteiger partial charge in [0.2, 0.25) is 0 Å². The first kappa shape index (κ1) is 16.5. The molecule has 0 bridgehead atoms. The predicted molar refractivity (Wildman–Crippen MR) is 81.7 cm³/mol. The number of alkyl halides is 3. The molecule has 0 unspecified atom stereocenters. The van der Waals surface area contributed by atoms with Gasteiger partial charge in [0, 0.05) is 25.3 Å². The van der Waals surface area contributed by atoms with Crippen LogP contribution >= 0.6 is 0 Å². The lowest BCUT2D eigenvalue weighted by Crippen LogP contribution is -2.45. The van der Waals surface area contributed by atoms with E-state index in [1.165, 1.54) is 29.1 Å². The largest absolute Gasteiger partial charge is 0.416 e. The Morgan fingerprint density at radius 2 is 2.08 bits per heavy atom. The molecule has 1 saturated heterocycles. The maximum atomic E-state index is 12.8. The molecule has 1 fully saturated rings. The molecule has 1 aromatic heterocycles. The van der Waals surface area contributed by atoms with E-state index >= 15 is 0 Å². The van der Waals surface area contributed by atoms with Gasteiger partial charge in [0.05, 0.1) is 11.3 Å². The number of nitrogens with two attached hydrogens (primary N) is 1. The molecule has 1 amide bonds. The number of carbonyl (C=O) groups is 1. The molecule has 128 valence electrons. The Morgan fingerprint density at radius 3 is 2.79 bits per heavy atom. The standard InChI is InChI=1S/C16H17F3N4O/c17-16(18,19)11-3-1-5-13(9-11)23-8-6-14(21-23)15(24)22-7-2-4-12(20)10-22/h1,3,5-6,8-9,12H,2,4,7,10,20H2/t12-/m0/s1. The molecule has 8 heteroatoms. The Labute approximate surface area is 136 Å². The molecule has 2 aromatic rings. The summed E-state index contributed by atoms with van der Waals surface area (Å²) in [6.07, 6.45) is -1.23. The summed E-state index contributed by atoms with van der Waals surface area (Å²) in [7, 11) is 0. The molecule has 1 aliphatic rings. The van der Waals surface area contributed by atoms with Crippen molar-refractivity contribution in [3.63, 3.8) is 0 Å². The highest BCUT2D eigenvalue weighted by Crippen LogP contribution is 2.30. The minimum atomic E-state index is -4.42. The van der Waals surface area contributed by atoms with E-state index in [-0.39, 0.29) is 23.3 Å². The molecular formula is C16H17F3N4O. The third-order valence-corrected chi connectivity index (χ3v) is 3.99. The van der Waals surface area contributed by atoms with Crippen LogP contribution in [0.15, 0.2) is 36.5 Å². The lowest BCUT2D eigenvalue weighted by atomic mass is 10.1. The number of carbonyl (C=O) groups excluding carboxylic acids is 1. The van der Waals surface area contributed by atoms with Crippen molar-refractivity contribution < 1.29 is 18.0 Å². The van der Waals surface area contributed by atoms with E-state index in [9.17, 15) is 18.0 Å². The van der Waals surface area contributed by atoms with Crippen LogP contribution in [0.1, 0.15) is 28.9 Å². The van der Waals surface area contributed by atoms with Crippen LogP contribution in [0.3, 0.4) is 0 Å². The molecule has 3 rings (SSSR count). The number of piperidine rings is 1. The summed E-state index contributed by atoms with van der Waals surface area (Å²) < 4.78 is 39.7. The Bertz CT molecular complexity index is 741. The highest BCUT2D eigenvalue weighted by atomic mass is 19.4. The van der Waals surface area contributed by atoms with Gasteiger partial charge in [-0.1, -0.05) is 6.07 Å². The van der Waals surface area contributed by atoms with Crippen molar-refractivity contribution in [3.8, 4) is 5.69 Å². The first-order valence-electron chi connectivity index (χ1n) is 7.63. The number of hydrogen-bond donors (Lipinski definition) is 1. The van der Waals surface area contributed by atoms with Crippen LogP contribution in [0.2, 0.25) is 0 Å². The summed E-state index contributed by atoms with van der Waals surface area (Å²) in [4.78, 5) is 14.1. The summed E-state index contributed by atoms with van der Waals surface area (Å²) in [5, 5.41) is 4.12.